The van der Waals surface area contributed by atoms with Gasteiger partial charge in [0.15, 0.2) is 4.90 Å². The van der Waals surface area contributed by atoms with Crippen molar-refractivity contribution < 1.29 is 13.3 Å². The third-order valence-electron chi connectivity index (χ3n) is 4.17. The molecule has 2 fully saturated rings. The number of fused-ring (bicyclic) bond motifs is 2. The van der Waals surface area contributed by atoms with Crippen LogP contribution in [0.5, 0.6) is 0 Å². The molecule has 2 bridgehead atoms. The van der Waals surface area contributed by atoms with E-state index < -0.39 is 14.9 Å². The van der Waals surface area contributed by atoms with E-state index in [1.165, 1.54) is 28.6 Å². The fourth-order valence-corrected chi connectivity index (χ4v) is 4.75. The molecule has 1 N–H and O–H groups in total. The quantitative estimate of drug-likeness (QED) is 0.667. The molecule has 0 spiro atoms. The van der Waals surface area contributed by atoms with Crippen molar-refractivity contribution in [2.45, 2.75) is 36.2 Å². The van der Waals surface area contributed by atoms with Gasteiger partial charge in [-0.1, -0.05) is 12.1 Å². The molecule has 21 heavy (non-hydrogen) atoms. The number of hydrogen-bond donors (Lipinski definition) is 1. The Morgan fingerprint density at radius 2 is 1.90 bits per heavy atom. The topological polar surface area (TPSA) is 92.5 Å². The normalized spacial score (nSPS) is 26.5. The minimum atomic E-state index is -3.83. The molecule has 2 heterocycles. The van der Waals surface area contributed by atoms with Gasteiger partial charge in [0.1, 0.15) is 0 Å². The summed E-state index contributed by atoms with van der Waals surface area (Å²) in [6.45, 7) is 0.785. The average Bonchev–Trinajstić information content (AvgIpc) is 2.77. The second kappa shape index (κ2) is 5.36. The maximum atomic E-state index is 12.7. The maximum Gasteiger partial charge on any atom is 0.289 e. The second-order valence-electron chi connectivity index (χ2n) is 5.51. The van der Waals surface area contributed by atoms with Crippen LogP contribution >= 0.6 is 0 Å². The third kappa shape index (κ3) is 2.66. The summed E-state index contributed by atoms with van der Waals surface area (Å²) in [6.07, 6.45) is 2.77. The lowest BCUT2D eigenvalue weighted by Crippen LogP contribution is -2.39. The van der Waals surface area contributed by atoms with Crippen molar-refractivity contribution in [2.24, 2.45) is 0 Å². The van der Waals surface area contributed by atoms with Crippen LogP contribution in [0, 0.1) is 10.1 Å². The Morgan fingerprint density at radius 3 is 2.67 bits per heavy atom. The summed E-state index contributed by atoms with van der Waals surface area (Å²) in [6, 6.07) is 6.04. The van der Waals surface area contributed by atoms with Crippen molar-refractivity contribution in [3.05, 3.63) is 34.4 Å². The number of para-hydroxylation sites is 1. The molecule has 0 aromatic heterocycles. The fraction of sp³-hybridized carbons (Fsp3) is 0.538. The molecule has 8 heteroatoms. The summed E-state index contributed by atoms with van der Waals surface area (Å²) in [5.74, 6) is 0. The summed E-state index contributed by atoms with van der Waals surface area (Å²) in [4.78, 5) is 10.2. The first kappa shape index (κ1) is 14.4. The Morgan fingerprint density at radius 1 is 1.19 bits per heavy atom. The van der Waals surface area contributed by atoms with Crippen molar-refractivity contribution >= 4 is 15.7 Å². The van der Waals surface area contributed by atoms with E-state index in [2.05, 4.69) is 5.32 Å². The van der Waals surface area contributed by atoms with Crippen LogP contribution in [0.2, 0.25) is 0 Å². The average molecular weight is 311 g/mol. The predicted octanol–water partition coefficient (Wildman–Crippen LogP) is 1.11. The highest BCUT2D eigenvalue weighted by atomic mass is 32.2. The Bertz CT molecular complexity index is 661. The molecule has 3 rings (SSSR count). The molecule has 0 saturated carbocycles. The summed E-state index contributed by atoms with van der Waals surface area (Å²) in [5.41, 5.74) is -0.361. The first-order chi connectivity index (χ1) is 9.98. The van der Waals surface area contributed by atoms with Crippen LogP contribution in [-0.4, -0.2) is 42.8 Å². The van der Waals surface area contributed by atoms with Crippen molar-refractivity contribution in [2.75, 3.05) is 13.1 Å². The predicted molar refractivity (Wildman–Crippen MR) is 76.4 cm³/mol. The first-order valence-corrected chi connectivity index (χ1v) is 8.42. The number of rotatable bonds is 3. The lowest BCUT2D eigenvalue weighted by atomic mass is 10.1. The maximum absolute atomic E-state index is 12.7. The van der Waals surface area contributed by atoms with Crippen LogP contribution in [0.3, 0.4) is 0 Å². The molecule has 2 aliphatic rings. The summed E-state index contributed by atoms with van der Waals surface area (Å²) >= 11 is 0. The highest BCUT2D eigenvalue weighted by Gasteiger charge is 2.37. The Hall–Kier alpha value is -1.51. The van der Waals surface area contributed by atoms with E-state index in [-0.39, 0.29) is 16.6 Å². The smallest absolute Gasteiger partial charge is 0.289 e. The van der Waals surface area contributed by atoms with Crippen LogP contribution in [-0.2, 0) is 10.0 Å². The number of nitrogens with one attached hydrogen (secondary N) is 1. The van der Waals surface area contributed by atoms with Gasteiger partial charge in [0.2, 0.25) is 10.0 Å². The zero-order valence-corrected chi connectivity index (χ0v) is 12.3. The minimum absolute atomic E-state index is 0.148. The van der Waals surface area contributed by atoms with Crippen LogP contribution in [0.1, 0.15) is 19.3 Å². The Labute approximate surface area is 123 Å². The molecular formula is C13H17N3O4S. The minimum Gasteiger partial charge on any atom is -0.310 e. The monoisotopic (exact) mass is 311 g/mol. The molecular weight excluding hydrogens is 294 g/mol. The van der Waals surface area contributed by atoms with Gasteiger partial charge in [-0.05, 0) is 25.3 Å². The third-order valence-corrected chi connectivity index (χ3v) is 6.08. The molecule has 2 unspecified atom stereocenters. The Balaban J connectivity index is 1.95. The molecule has 0 amide bonds. The van der Waals surface area contributed by atoms with Crippen LogP contribution in [0.15, 0.2) is 29.2 Å². The van der Waals surface area contributed by atoms with E-state index in [0.29, 0.717) is 19.1 Å². The first-order valence-electron chi connectivity index (χ1n) is 6.98. The molecule has 2 aliphatic heterocycles. The van der Waals surface area contributed by atoms with Crippen molar-refractivity contribution in [3.63, 3.8) is 0 Å². The van der Waals surface area contributed by atoms with Crippen molar-refractivity contribution in [3.8, 4) is 0 Å². The van der Waals surface area contributed by atoms with Gasteiger partial charge in [-0.2, -0.15) is 4.31 Å². The molecule has 2 saturated heterocycles. The highest BCUT2D eigenvalue weighted by Crippen LogP contribution is 2.29. The molecule has 1 aromatic rings. The molecule has 114 valence electrons. The zero-order valence-electron chi connectivity index (χ0n) is 11.4. The second-order valence-corrected chi connectivity index (χ2v) is 7.42. The largest absolute Gasteiger partial charge is 0.310 e. The van der Waals surface area contributed by atoms with Gasteiger partial charge in [-0.15, -0.1) is 0 Å². The van der Waals surface area contributed by atoms with Gasteiger partial charge in [0.05, 0.1) is 4.92 Å². The fourth-order valence-electron chi connectivity index (χ4n) is 3.09. The van der Waals surface area contributed by atoms with Gasteiger partial charge >= 0.3 is 0 Å². The van der Waals surface area contributed by atoms with E-state index in [9.17, 15) is 18.5 Å². The van der Waals surface area contributed by atoms with E-state index in [4.69, 9.17) is 0 Å². The number of nitro groups is 1. The summed E-state index contributed by atoms with van der Waals surface area (Å²) in [5, 5.41) is 14.5. The van der Waals surface area contributed by atoms with Crippen LogP contribution in [0.4, 0.5) is 5.69 Å². The van der Waals surface area contributed by atoms with Gasteiger partial charge in [-0.3, -0.25) is 10.1 Å². The van der Waals surface area contributed by atoms with Gasteiger partial charge < -0.3 is 5.32 Å². The van der Waals surface area contributed by atoms with E-state index in [1.54, 1.807) is 0 Å². The van der Waals surface area contributed by atoms with Gasteiger partial charge in [0.25, 0.3) is 5.69 Å². The van der Waals surface area contributed by atoms with Crippen molar-refractivity contribution in [1.82, 2.24) is 9.62 Å². The number of sulfonamides is 1. The van der Waals surface area contributed by atoms with Crippen molar-refractivity contribution in [1.29, 1.82) is 0 Å². The number of nitro benzene ring substituents is 1. The summed E-state index contributed by atoms with van der Waals surface area (Å²) < 4.78 is 26.9. The van der Waals surface area contributed by atoms with Crippen LogP contribution in [0.25, 0.3) is 0 Å². The van der Waals surface area contributed by atoms with E-state index >= 15 is 0 Å². The lowest BCUT2D eigenvalue weighted by Gasteiger charge is -2.23. The van der Waals surface area contributed by atoms with E-state index in [0.717, 1.165) is 19.3 Å². The number of hydrogen-bond acceptors (Lipinski definition) is 5. The van der Waals surface area contributed by atoms with Gasteiger partial charge in [-0.25, -0.2) is 8.42 Å². The van der Waals surface area contributed by atoms with Crippen LogP contribution < -0.4 is 5.32 Å². The van der Waals surface area contributed by atoms with E-state index in [1.807, 2.05) is 0 Å². The zero-order chi connectivity index (χ0) is 15.0. The van der Waals surface area contributed by atoms with Gasteiger partial charge in [0, 0.05) is 31.2 Å². The molecule has 0 radical (unpaired) electrons. The Kier molecular flexibility index (Phi) is 3.68. The molecule has 0 aliphatic carbocycles. The highest BCUT2D eigenvalue weighted by molar-refractivity contribution is 7.89. The molecule has 7 nitrogen and oxygen atoms in total. The molecule has 2 atom stereocenters. The molecule has 1 aromatic carbocycles. The number of nitrogens with zero attached hydrogens (tertiary/aromatic N) is 2. The lowest BCUT2D eigenvalue weighted by molar-refractivity contribution is -0.387. The summed E-state index contributed by atoms with van der Waals surface area (Å²) in [7, 11) is -3.83. The SMILES string of the molecule is O=[N+]([O-])c1ccccc1S(=O)(=O)N1CCC2CCC(C1)N2. The standard InChI is InChI=1S/C13H17N3O4S/c17-16(18)12-3-1-2-4-13(12)21(19,20)15-8-7-10-5-6-11(9-15)14-10/h1-4,10-11,14H,5-9H2. The number of benzene rings is 1.